The Morgan fingerprint density at radius 1 is 1.33 bits per heavy atom. The molecule has 0 unspecified atom stereocenters. The van der Waals surface area contributed by atoms with Crippen LogP contribution in [0.25, 0.3) is 11.3 Å². The number of thiazole rings is 1. The molecule has 1 amide bonds. The molecule has 1 aromatic heterocycles. The fourth-order valence-electron chi connectivity index (χ4n) is 3.01. The van der Waals surface area contributed by atoms with Crippen LogP contribution < -0.4 is 10.6 Å². The second kappa shape index (κ2) is 8.11. The van der Waals surface area contributed by atoms with Crippen LogP contribution in [0.3, 0.4) is 0 Å². The molecular formula is C19H23N3OS. The van der Waals surface area contributed by atoms with Gasteiger partial charge >= 0.3 is 0 Å². The summed E-state index contributed by atoms with van der Waals surface area (Å²) in [7, 11) is 0. The number of anilines is 2. The Hall–Kier alpha value is -2.14. The van der Waals surface area contributed by atoms with Crippen LogP contribution in [0.2, 0.25) is 0 Å². The summed E-state index contributed by atoms with van der Waals surface area (Å²) in [5.74, 6) is 0.315. The number of nitrogens with zero attached hydrogens (tertiary/aromatic N) is 1. The highest BCUT2D eigenvalue weighted by atomic mass is 32.1. The van der Waals surface area contributed by atoms with E-state index < -0.39 is 0 Å². The average molecular weight is 341 g/mol. The van der Waals surface area contributed by atoms with Crippen LogP contribution >= 0.6 is 11.3 Å². The molecule has 1 aliphatic carbocycles. The van der Waals surface area contributed by atoms with E-state index in [1.165, 1.54) is 6.42 Å². The molecule has 0 radical (unpaired) electrons. The van der Waals surface area contributed by atoms with Crippen LogP contribution in [-0.2, 0) is 4.79 Å². The van der Waals surface area contributed by atoms with E-state index >= 15 is 0 Å². The first-order valence-corrected chi connectivity index (χ1v) is 9.36. The molecule has 1 fully saturated rings. The van der Waals surface area contributed by atoms with Crippen molar-refractivity contribution in [2.24, 2.45) is 5.92 Å². The Morgan fingerprint density at radius 2 is 2.17 bits per heavy atom. The monoisotopic (exact) mass is 341 g/mol. The van der Waals surface area contributed by atoms with Gasteiger partial charge in [0.25, 0.3) is 0 Å². The van der Waals surface area contributed by atoms with Gasteiger partial charge in [0.1, 0.15) is 0 Å². The van der Waals surface area contributed by atoms with Crippen molar-refractivity contribution in [1.82, 2.24) is 4.98 Å². The fourth-order valence-corrected chi connectivity index (χ4v) is 3.74. The summed E-state index contributed by atoms with van der Waals surface area (Å²) >= 11 is 1.57. The first-order valence-electron chi connectivity index (χ1n) is 8.48. The number of carbonyl (C=O) groups excluding carboxylic acids is 1. The average Bonchev–Trinajstić information content (AvgIpc) is 3.10. The number of rotatable bonds is 6. The van der Waals surface area contributed by atoms with Gasteiger partial charge < -0.3 is 10.6 Å². The lowest BCUT2D eigenvalue weighted by Gasteiger charge is -2.20. The van der Waals surface area contributed by atoms with Crippen molar-refractivity contribution in [3.05, 3.63) is 42.3 Å². The molecule has 24 heavy (non-hydrogen) atoms. The number of hydrogen-bond donors (Lipinski definition) is 2. The Bertz CT molecular complexity index is 704. The number of hydrogen-bond acceptors (Lipinski definition) is 4. The summed E-state index contributed by atoms with van der Waals surface area (Å²) in [5, 5.41) is 9.16. The molecule has 4 nitrogen and oxygen atoms in total. The Kier molecular flexibility index (Phi) is 5.64. The Balaban J connectivity index is 1.68. The summed E-state index contributed by atoms with van der Waals surface area (Å²) in [6.45, 7) is 4.39. The van der Waals surface area contributed by atoms with E-state index in [1.807, 2.05) is 35.7 Å². The first kappa shape index (κ1) is 16.7. The highest BCUT2D eigenvalue weighted by molar-refractivity contribution is 7.14. The normalized spacial score (nSPS) is 15.0. The van der Waals surface area contributed by atoms with Crippen LogP contribution in [0, 0.1) is 5.92 Å². The van der Waals surface area contributed by atoms with E-state index in [4.69, 9.17) is 0 Å². The summed E-state index contributed by atoms with van der Waals surface area (Å²) < 4.78 is 0. The molecule has 5 heteroatoms. The Labute approximate surface area is 147 Å². The molecular weight excluding hydrogens is 318 g/mol. The van der Waals surface area contributed by atoms with E-state index in [-0.39, 0.29) is 11.8 Å². The second-order valence-electron chi connectivity index (χ2n) is 6.11. The molecule has 1 heterocycles. The standard InChI is InChI=1S/C19H23N3OS/c1-2-11-20-19-22-17(13-24-19)15-9-6-10-16(12-15)21-18(23)14-7-4-3-5-8-14/h2,6,9-10,12-14H,1,3-5,7-8,11H2,(H,20,22)(H,21,23). The van der Waals surface area contributed by atoms with Crippen molar-refractivity contribution >= 4 is 28.1 Å². The first-order chi connectivity index (χ1) is 11.8. The van der Waals surface area contributed by atoms with Crippen LogP contribution in [0.1, 0.15) is 32.1 Å². The molecule has 3 rings (SSSR count). The molecule has 1 aromatic carbocycles. The lowest BCUT2D eigenvalue weighted by molar-refractivity contribution is -0.120. The van der Waals surface area contributed by atoms with Gasteiger partial charge in [-0.2, -0.15) is 0 Å². The van der Waals surface area contributed by atoms with E-state index in [1.54, 1.807) is 11.3 Å². The Morgan fingerprint density at radius 3 is 2.96 bits per heavy atom. The number of nitrogens with one attached hydrogen (secondary N) is 2. The molecule has 2 N–H and O–H groups in total. The summed E-state index contributed by atoms with van der Waals surface area (Å²) in [6.07, 6.45) is 7.41. The number of carbonyl (C=O) groups is 1. The molecule has 1 aliphatic rings. The van der Waals surface area contributed by atoms with Crippen LogP contribution in [0.4, 0.5) is 10.8 Å². The zero-order valence-electron chi connectivity index (χ0n) is 13.8. The highest BCUT2D eigenvalue weighted by Gasteiger charge is 2.21. The largest absolute Gasteiger partial charge is 0.358 e. The van der Waals surface area contributed by atoms with Crippen molar-refractivity contribution in [2.75, 3.05) is 17.2 Å². The van der Waals surface area contributed by atoms with E-state index in [2.05, 4.69) is 22.2 Å². The SMILES string of the molecule is C=CCNc1nc(-c2cccc(NC(=O)C3CCCCC3)c2)cs1. The third kappa shape index (κ3) is 4.23. The molecule has 2 aromatic rings. The van der Waals surface area contributed by atoms with Gasteiger partial charge in [-0.05, 0) is 25.0 Å². The van der Waals surface area contributed by atoms with Gasteiger partial charge in [-0.15, -0.1) is 17.9 Å². The van der Waals surface area contributed by atoms with Gasteiger partial charge in [0, 0.05) is 29.1 Å². The van der Waals surface area contributed by atoms with E-state index in [9.17, 15) is 4.79 Å². The molecule has 0 spiro atoms. The predicted molar refractivity (Wildman–Crippen MR) is 101 cm³/mol. The van der Waals surface area contributed by atoms with Crippen molar-refractivity contribution in [3.63, 3.8) is 0 Å². The molecule has 0 bridgehead atoms. The van der Waals surface area contributed by atoms with Crippen molar-refractivity contribution in [1.29, 1.82) is 0 Å². The van der Waals surface area contributed by atoms with Crippen molar-refractivity contribution in [3.8, 4) is 11.3 Å². The molecule has 0 aliphatic heterocycles. The predicted octanol–water partition coefficient (Wildman–Crippen LogP) is 4.93. The lowest BCUT2D eigenvalue weighted by Crippen LogP contribution is -2.24. The maximum atomic E-state index is 12.4. The summed E-state index contributed by atoms with van der Waals surface area (Å²) in [4.78, 5) is 17.0. The number of benzene rings is 1. The lowest BCUT2D eigenvalue weighted by atomic mass is 9.88. The van der Waals surface area contributed by atoms with Crippen LogP contribution in [0.15, 0.2) is 42.3 Å². The van der Waals surface area contributed by atoms with Gasteiger partial charge in [-0.1, -0.05) is 37.5 Å². The van der Waals surface area contributed by atoms with Gasteiger partial charge in [0.2, 0.25) is 5.91 Å². The van der Waals surface area contributed by atoms with Crippen molar-refractivity contribution < 1.29 is 4.79 Å². The third-order valence-corrected chi connectivity index (χ3v) is 5.10. The minimum Gasteiger partial charge on any atom is -0.358 e. The summed E-state index contributed by atoms with van der Waals surface area (Å²) in [5.41, 5.74) is 2.77. The van der Waals surface area contributed by atoms with Gasteiger partial charge in [0.05, 0.1) is 5.69 Å². The molecule has 0 saturated heterocycles. The number of amides is 1. The fraction of sp³-hybridized carbons (Fsp3) is 0.368. The number of aromatic nitrogens is 1. The maximum Gasteiger partial charge on any atom is 0.227 e. The third-order valence-electron chi connectivity index (χ3n) is 4.30. The van der Waals surface area contributed by atoms with Crippen LogP contribution in [0.5, 0.6) is 0 Å². The van der Waals surface area contributed by atoms with Crippen LogP contribution in [-0.4, -0.2) is 17.4 Å². The second-order valence-corrected chi connectivity index (χ2v) is 6.97. The quantitative estimate of drug-likeness (QED) is 0.733. The minimum atomic E-state index is 0.151. The van der Waals surface area contributed by atoms with Crippen molar-refractivity contribution in [2.45, 2.75) is 32.1 Å². The smallest absolute Gasteiger partial charge is 0.227 e. The van der Waals surface area contributed by atoms with E-state index in [0.29, 0.717) is 6.54 Å². The minimum absolute atomic E-state index is 0.151. The van der Waals surface area contributed by atoms with E-state index in [0.717, 1.165) is 47.8 Å². The van der Waals surface area contributed by atoms with Gasteiger partial charge in [-0.25, -0.2) is 4.98 Å². The maximum absolute atomic E-state index is 12.4. The van der Waals surface area contributed by atoms with Gasteiger partial charge in [0.15, 0.2) is 5.13 Å². The zero-order chi connectivity index (χ0) is 16.8. The topological polar surface area (TPSA) is 54.0 Å². The molecule has 0 atom stereocenters. The van der Waals surface area contributed by atoms with Gasteiger partial charge in [-0.3, -0.25) is 4.79 Å². The molecule has 126 valence electrons. The zero-order valence-corrected chi connectivity index (χ0v) is 14.6. The summed E-state index contributed by atoms with van der Waals surface area (Å²) in [6, 6.07) is 7.91. The highest BCUT2D eigenvalue weighted by Crippen LogP contribution is 2.28. The molecule has 1 saturated carbocycles.